The van der Waals surface area contributed by atoms with Crippen LogP contribution in [0.4, 0.5) is 0 Å². The van der Waals surface area contributed by atoms with Gasteiger partial charge in [0, 0.05) is 0 Å². The maximum absolute atomic E-state index is 12.1. The van der Waals surface area contributed by atoms with Gasteiger partial charge in [0.15, 0.2) is 0 Å². The van der Waals surface area contributed by atoms with Crippen LogP contribution in [-0.4, -0.2) is 40.6 Å². The number of nitrogens with one attached hydrogen (secondary N) is 1. The van der Waals surface area contributed by atoms with Gasteiger partial charge in [-0.15, -0.1) is 0 Å². The average molecular weight is 336 g/mol. The molecule has 1 aromatic carbocycles. The van der Waals surface area contributed by atoms with Crippen LogP contribution < -0.4 is 11.1 Å². The molecular formula is C17H24N2O5. The van der Waals surface area contributed by atoms with Gasteiger partial charge < -0.3 is 15.6 Å². The smallest absolute Gasteiger partial charge is 0.333 e. The van der Waals surface area contributed by atoms with Crippen LogP contribution in [0.2, 0.25) is 0 Å². The number of ether oxygens (including phenoxy) is 1. The van der Waals surface area contributed by atoms with Crippen LogP contribution in [0.15, 0.2) is 30.3 Å². The zero-order chi connectivity index (χ0) is 18.3. The molecule has 1 rings (SSSR count). The highest BCUT2D eigenvalue weighted by molar-refractivity contribution is 5.92. The van der Waals surface area contributed by atoms with Gasteiger partial charge in [0.1, 0.15) is 17.6 Å². The zero-order valence-corrected chi connectivity index (χ0v) is 14.1. The molecule has 0 heterocycles. The third-order valence-corrected chi connectivity index (χ3v) is 3.47. The van der Waals surface area contributed by atoms with Crippen LogP contribution in [0.5, 0.6) is 0 Å². The molecule has 1 aromatic rings. The van der Waals surface area contributed by atoms with Crippen LogP contribution in [0, 0.1) is 0 Å². The summed E-state index contributed by atoms with van der Waals surface area (Å²) < 4.78 is 4.66. The Balaban J connectivity index is 2.70. The van der Waals surface area contributed by atoms with Crippen molar-refractivity contribution in [2.45, 2.75) is 51.2 Å². The van der Waals surface area contributed by atoms with E-state index >= 15 is 0 Å². The van der Waals surface area contributed by atoms with Crippen LogP contribution in [-0.2, 0) is 25.5 Å². The van der Waals surface area contributed by atoms with Gasteiger partial charge in [-0.2, -0.15) is 0 Å². The molecule has 24 heavy (non-hydrogen) atoms. The summed E-state index contributed by atoms with van der Waals surface area (Å²) in [6.07, 6.45) is 0.825. The third-order valence-electron chi connectivity index (χ3n) is 3.47. The summed E-state index contributed by atoms with van der Waals surface area (Å²) in [6.45, 7) is 4.32. The van der Waals surface area contributed by atoms with Crippen LogP contribution in [0.25, 0.3) is 0 Å². The Bertz CT molecular complexity index is 584. The minimum Gasteiger partial charge on any atom is -0.480 e. The molecule has 2 atom stereocenters. The van der Waals surface area contributed by atoms with Gasteiger partial charge in [0.25, 0.3) is 0 Å². The van der Waals surface area contributed by atoms with Gasteiger partial charge in [-0.1, -0.05) is 30.3 Å². The molecular weight excluding hydrogens is 312 g/mol. The fraction of sp³-hybridized carbons (Fsp3) is 0.471. The monoisotopic (exact) mass is 336 g/mol. The fourth-order valence-electron chi connectivity index (χ4n) is 2.02. The van der Waals surface area contributed by atoms with Crippen molar-refractivity contribution in [1.29, 1.82) is 0 Å². The minimum atomic E-state index is -1.34. The second kappa shape index (κ2) is 8.56. The molecule has 0 amide bonds. The molecule has 132 valence electrons. The number of carbonyl (C=O) groups excluding carboxylic acids is 2. The zero-order valence-electron chi connectivity index (χ0n) is 14.1. The van der Waals surface area contributed by atoms with Crippen molar-refractivity contribution >= 4 is 17.9 Å². The van der Waals surface area contributed by atoms with Gasteiger partial charge in [0.05, 0.1) is 0 Å². The molecule has 1 unspecified atom stereocenters. The van der Waals surface area contributed by atoms with Crippen molar-refractivity contribution in [3.8, 4) is 0 Å². The number of aryl methyl sites for hydroxylation is 1. The summed E-state index contributed by atoms with van der Waals surface area (Å²) >= 11 is 0. The number of hydrogen-bond acceptors (Lipinski definition) is 6. The van der Waals surface area contributed by atoms with E-state index in [1.807, 2.05) is 30.3 Å². The number of hydrogen-bond donors (Lipinski definition) is 3. The highest BCUT2D eigenvalue weighted by atomic mass is 16.6. The second-order valence-electron chi connectivity index (χ2n) is 6.18. The standard InChI is InChI=1S/C17H24N2O5/c1-11(18)15(22)24-16(23)17(2,3)19-13(14(20)21)10-9-12-7-5-4-6-8-12/h4-8,11,13,19H,9-10,18H2,1-3H3,(H,20,21)/t11-,13?/m0/s1. The largest absolute Gasteiger partial charge is 0.480 e. The number of carboxylic acid groups (broad SMARTS) is 1. The van der Waals surface area contributed by atoms with Crippen LogP contribution in [0.1, 0.15) is 32.8 Å². The van der Waals surface area contributed by atoms with Crippen molar-refractivity contribution < 1.29 is 24.2 Å². The molecule has 0 aromatic heterocycles. The van der Waals surface area contributed by atoms with Gasteiger partial charge >= 0.3 is 17.9 Å². The summed E-state index contributed by atoms with van der Waals surface area (Å²) in [5.74, 6) is -2.80. The van der Waals surface area contributed by atoms with Crippen LogP contribution in [0.3, 0.4) is 0 Å². The Hall–Kier alpha value is -2.25. The first-order chi connectivity index (χ1) is 11.1. The second-order valence-corrected chi connectivity index (χ2v) is 6.18. The molecule has 0 spiro atoms. The molecule has 0 aliphatic rings. The fourth-order valence-corrected chi connectivity index (χ4v) is 2.02. The van der Waals surface area contributed by atoms with Gasteiger partial charge in [0.2, 0.25) is 0 Å². The molecule has 0 saturated heterocycles. The quantitative estimate of drug-likeness (QED) is 0.476. The molecule has 7 nitrogen and oxygen atoms in total. The lowest BCUT2D eigenvalue weighted by Gasteiger charge is -2.27. The van der Waals surface area contributed by atoms with E-state index in [2.05, 4.69) is 10.1 Å². The maximum atomic E-state index is 12.1. The van der Waals surface area contributed by atoms with E-state index in [9.17, 15) is 19.5 Å². The van der Waals surface area contributed by atoms with E-state index in [1.54, 1.807) is 0 Å². The average Bonchev–Trinajstić information content (AvgIpc) is 2.51. The minimum absolute atomic E-state index is 0.289. The molecule has 7 heteroatoms. The van der Waals surface area contributed by atoms with Crippen molar-refractivity contribution in [1.82, 2.24) is 5.32 Å². The molecule has 4 N–H and O–H groups in total. The van der Waals surface area contributed by atoms with Crippen molar-refractivity contribution in [2.24, 2.45) is 5.73 Å². The van der Waals surface area contributed by atoms with E-state index in [4.69, 9.17) is 5.73 Å². The van der Waals surface area contributed by atoms with E-state index in [0.717, 1.165) is 5.56 Å². The van der Waals surface area contributed by atoms with Crippen molar-refractivity contribution in [3.63, 3.8) is 0 Å². The van der Waals surface area contributed by atoms with Crippen molar-refractivity contribution in [3.05, 3.63) is 35.9 Å². The van der Waals surface area contributed by atoms with E-state index < -0.39 is 35.5 Å². The molecule has 0 aliphatic carbocycles. The first kappa shape index (κ1) is 19.8. The Morgan fingerprint density at radius 3 is 2.33 bits per heavy atom. The number of carboxylic acids is 1. The highest BCUT2D eigenvalue weighted by Gasteiger charge is 2.35. The summed E-state index contributed by atoms with van der Waals surface area (Å²) in [5.41, 5.74) is 5.00. The molecule has 0 aliphatic heterocycles. The third kappa shape index (κ3) is 6.10. The highest BCUT2D eigenvalue weighted by Crippen LogP contribution is 2.12. The van der Waals surface area contributed by atoms with Gasteiger partial charge in [-0.25, -0.2) is 9.59 Å². The maximum Gasteiger partial charge on any atom is 0.333 e. The number of aliphatic carboxylic acids is 1. The number of benzene rings is 1. The summed E-state index contributed by atoms with van der Waals surface area (Å²) in [4.78, 5) is 34.9. The summed E-state index contributed by atoms with van der Waals surface area (Å²) in [6, 6.07) is 7.54. The lowest BCUT2D eigenvalue weighted by Crippen LogP contribution is -2.55. The SMILES string of the molecule is C[C@H](N)C(=O)OC(=O)C(C)(C)NC(CCc1ccccc1)C(=O)O. The van der Waals surface area contributed by atoms with Crippen molar-refractivity contribution in [2.75, 3.05) is 0 Å². The first-order valence-corrected chi connectivity index (χ1v) is 7.69. The Morgan fingerprint density at radius 1 is 1.25 bits per heavy atom. The normalized spacial score (nSPS) is 13.8. The Morgan fingerprint density at radius 2 is 1.83 bits per heavy atom. The lowest BCUT2D eigenvalue weighted by molar-refractivity contribution is -0.164. The Labute approximate surface area is 141 Å². The predicted octanol–water partition coefficient (Wildman–Crippen LogP) is 0.858. The van der Waals surface area contributed by atoms with E-state index in [0.29, 0.717) is 6.42 Å². The van der Waals surface area contributed by atoms with E-state index in [-0.39, 0.29) is 6.42 Å². The summed E-state index contributed by atoms with van der Waals surface area (Å²) in [7, 11) is 0. The number of rotatable bonds is 8. The molecule has 0 saturated carbocycles. The predicted molar refractivity (Wildman–Crippen MR) is 88.1 cm³/mol. The van der Waals surface area contributed by atoms with Crippen LogP contribution >= 0.6 is 0 Å². The topological polar surface area (TPSA) is 119 Å². The lowest BCUT2D eigenvalue weighted by atomic mass is 10.00. The van der Waals surface area contributed by atoms with E-state index in [1.165, 1.54) is 20.8 Å². The summed E-state index contributed by atoms with van der Waals surface area (Å²) in [5, 5.41) is 12.1. The van der Waals surface area contributed by atoms with Gasteiger partial charge in [-0.05, 0) is 39.2 Å². The first-order valence-electron chi connectivity index (χ1n) is 7.69. The number of nitrogens with two attached hydrogens (primary N) is 1. The number of esters is 2. The molecule has 0 radical (unpaired) electrons. The number of carbonyl (C=O) groups is 3. The molecule has 0 bridgehead atoms. The Kier molecular flexibility index (Phi) is 7.06. The molecule has 0 fully saturated rings. The van der Waals surface area contributed by atoms with Gasteiger partial charge in [-0.3, -0.25) is 10.1 Å².